The maximum atomic E-state index is 4.54. The minimum atomic E-state index is 0.423. The van der Waals surface area contributed by atoms with Gasteiger partial charge >= 0.3 is 0 Å². The molecule has 110 valence electrons. The van der Waals surface area contributed by atoms with Gasteiger partial charge in [0.2, 0.25) is 0 Å². The number of nitrogens with one attached hydrogen (secondary N) is 2. The third-order valence-corrected chi connectivity index (χ3v) is 4.37. The second-order valence-corrected chi connectivity index (χ2v) is 6.51. The summed E-state index contributed by atoms with van der Waals surface area (Å²) in [4.78, 5) is 8.96. The van der Waals surface area contributed by atoms with E-state index in [4.69, 9.17) is 0 Å². The predicted octanol–water partition coefficient (Wildman–Crippen LogP) is 3.63. The Morgan fingerprint density at radius 2 is 1.70 bits per heavy atom. The van der Waals surface area contributed by atoms with Crippen LogP contribution in [0.25, 0.3) is 0 Å². The highest BCUT2D eigenvalue weighted by atomic mass is 15.1. The van der Waals surface area contributed by atoms with E-state index >= 15 is 0 Å². The summed E-state index contributed by atoms with van der Waals surface area (Å²) in [5.74, 6) is 4.21. The van der Waals surface area contributed by atoms with Crippen LogP contribution in [0.1, 0.15) is 57.9 Å². The predicted molar refractivity (Wildman–Crippen MR) is 83.1 cm³/mol. The summed E-state index contributed by atoms with van der Waals surface area (Å²) in [7, 11) is 0. The monoisotopic (exact) mass is 274 g/mol. The Morgan fingerprint density at radius 3 is 2.20 bits per heavy atom. The minimum Gasteiger partial charge on any atom is -0.370 e. The summed E-state index contributed by atoms with van der Waals surface area (Å²) in [6.07, 6.45) is 7.22. The molecule has 1 aromatic rings. The van der Waals surface area contributed by atoms with Crippen LogP contribution < -0.4 is 10.6 Å². The van der Waals surface area contributed by atoms with Crippen molar-refractivity contribution in [3.63, 3.8) is 0 Å². The van der Waals surface area contributed by atoms with Gasteiger partial charge in [0.15, 0.2) is 0 Å². The van der Waals surface area contributed by atoms with Gasteiger partial charge in [-0.3, -0.25) is 0 Å². The molecular formula is C16H26N4. The summed E-state index contributed by atoms with van der Waals surface area (Å²) in [6.45, 7) is 7.43. The Morgan fingerprint density at radius 1 is 1.10 bits per heavy atom. The highest BCUT2D eigenvalue weighted by molar-refractivity contribution is 5.59. The fraction of sp³-hybridized carbons (Fsp3) is 0.750. The molecule has 0 unspecified atom stereocenters. The van der Waals surface area contributed by atoms with E-state index in [0.29, 0.717) is 12.0 Å². The van der Waals surface area contributed by atoms with Gasteiger partial charge in [-0.25, -0.2) is 9.97 Å². The molecule has 0 saturated heterocycles. The third-order valence-electron chi connectivity index (χ3n) is 4.37. The SMILES string of the molecule is CCNc1ncnc(NC(C2CC2)C2CC2)c1C(C)C. The van der Waals surface area contributed by atoms with Gasteiger partial charge in [0.05, 0.1) is 0 Å². The number of anilines is 2. The van der Waals surface area contributed by atoms with Crippen molar-refractivity contribution in [2.75, 3.05) is 17.2 Å². The molecule has 0 bridgehead atoms. The minimum absolute atomic E-state index is 0.423. The molecule has 0 spiro atoms. The van der Waals surface area contributed by atoms with Crippen molar-refractivity contribution in [3.05, 3.63) is 11.9 Å². The van der Waals surface area contributed by atoms with Crippen LogP contribution in [0.4, 0.5) is 11.6 Å². The second-order valence-electron chi connectivity index (χ2n) is 6.51. The Kier molecular flexibility index (Phi) is 3.81. The van der Waals surface area contributed by atoms with E-state index in [-0.39, 0.29) is 0 Å². The quantitative estimate of drug-likeness (QED) is 0.797. The van der Waals surface area contributed by atoms with Crippen LogP contribution >= 0.6 is 0 Å². The summed E-state index contributed by atoms with van der Waals surface area (Å²) in [6, 6.07) is 0.636. The van der Waals surface area contributed by atoms with E-state index < -0.39 is 0 Å². The molecule has 1 heterocycles. The van der Waals surface area contributed by atoms with E-state index in [9.17, 15) is 0 Å². The third kappa shape index (κ3) is 2.89. The molecule has 2 fully saturated rings. The van der Waals surface area contributed by atoms with E-state index in [1.54, 1.807) is 6.33 Å². The first-order valence-electron chi connectivity index (χ1n) is 8.06. The van der Waals surface area contributed by atoms with Crippen LogP contribution in [0, 0.1) is 11.8 Å². The molecule has 3 rings (SSSR count). The van der Waals surface area contributed by atoms with E-state index in [1.807, 2.05) is 0 Å². The van der Waals surface area contributed by atoms with Crippen molar-refractivity contribution >= 4 is 11.6 Å². The second kappa shape index (κ2) is 5.58. The van der Waals surface area contributed by atoms with Crippen molar-refractivity contribution < 1.29 is 0 Å². The van der Waals surface area contributed by atoms with Gasteiger partial charge in [0.25, 0.3) is 0 Å². The average molecular weight is 274 g/mol. The van der Waals surface area contributed by atoms with Gasteiger partial charge in [-0.1, -0.05) is 13.8 Å². The normalized spacial score (nSPS) is 18.6. The van der Waals surface area contributed by atoms with Crippen LogP contribution in [0.5, 0.6) is 0 Å². The zero-order valence-electron chi connectivity index (χ0n) is 12.8. The molecule has 2 aliphatic carbocycles. The van der Waals surface area contributed by atoms with Crippen molar-refractivity contribution in [3.8, 4) is 0 Å². The number of hydrogen-bond donors (Lipinski definition) is 2. The van der Waals surface area contributed by atoms with Gasteiger partial charge < -0.3 is 10.6 Å². The lowest BCUT2D eigenvalue weighted by molar-refractivity contribution is 0.564. The lowest BCUT2D eigenvalue weighted by Gasteiger charge is -2.23. The van der Waals surface area contributed by atoms with E-state index in [0.717, 1.165) is 30.0 Å². The molecule has 0 radical (unpaired) electrons. The van der Waals surface area contributed by atoms with Crippen molar-refractivity contribution in [1.82, 2.24) is 9.97 Å². The first kappa shape index (κ1) is 13.7. The smallest absolute Gasteiger partial charge is 0.135 e. The first-order valence-corrected chi connectivity index (χ1v) is 8.06. The van der Waals surface area contributed by atoms with Crippen LogP contribution in [-0.4, -0.2) is 22.6 Å². The Labute approximate surface area is 121 Å². The largest absolute Gasteiger partial charge is 0.370 e. The fourth-order valence-corrected chi connectivity index (χ4v) is 3.05. The Hall–Kier alpha value is -1.32. The number of hydrogen-bond acceptors (Lipinski definition) is 4. The van der Waals surface area contributed by atoms with Gasteiger partial charge in [0, 0.05) is 18.2 Å². The number of rotatable bonds is 7. The first-order chi connectivity index (χ1) is 9.70. The lowest BCUT2D eigenvalue weighted by atomic mass is 10.0. The molecule has 2 saturated carbocycles. The van der Waals surface area contributed by atoms with E-state index in [2.05, 4.69) is 41.4 Å². The van der Waals surface area contributed by atoms with Crippen LogP contribution in [0.3, 0.4) is 0 Å². The molecule has 0 aromatic carbocycles. The van der Waals surface area contributed by atoms with E-state index in [1.165, 1.54) is 31.2 Å². The lowest BCUT2D eigenvalue weighted by Crippen LogP contribution is -2.26. The molecule has 2 aliphatic rings. The summed E-state index contributed by atoms with van der Waals surface area (Å²) in [5.41, 5.74) is 1.24. The van der Waals surface area contributed by atoms with Crippen LogP contribution in [0.15, 0.2) is 6.33 Å². The number of nitrogens with zero attached hydrogens (tertiary/aromatic N) is 2. The summed E-state index contributed by atoms with van der Waals surface area (Å²) in [5, 5.41) is 7.13. The topological polar surface area (TPSA) is 49.8 Å². The molecular weight excluding hydrogens is 248 g/mol. The zero-order chi connectivity index (χ0) is 14.1. The van der Waals surface area contributed by atoms with Gasteiger partial charge in [-0.2, -0.15) is 0 Å². The van der Waals surface area contributed by atoms with Crippen molar-refractivity contribution in [2.45, 2.75) is 58.4 Å². The van der Waals surface area contributed by atoms with Gasteiger partial charge in [-0.15, -0.1) is 0 Å². The molecule has 4 heteroatoms. The molecule has 1 aromatic heterocycles. The highest BCUT2D eigenvalue weighted by Crippen LogP contribution is 2.46. The number of aromatic nitrogens is 2. The molecule has 20 heavy (non-hydrogen) atoms. The Bertz CT molecular complexity index is 452. The van der Waals surface area contributed by atoms with Gasteiger partial charge in [-0.05, 0) is 50.4 Å². The molecule has 0 aliphatic heterocycles. The highest BCUT2D eigenvalue weighted by Gasteiger charge is 2.42. The van der Waals surface area contributed by atoms with Crippen LogP contribution in [0.2, 0.25) is 0 Å². The molecule has 4 nitrogen and oxygen atoms in total. The molecule has 0 atom stereocenters. The summed E-state index contributed by atoms with van der Waals surface area (Å²) < 4.78 is 0. The van der Waals surface area contributed by atoms with Crippen molar-refractivity contribution in [1.29, 1.82) is 0 Å². The fourth-order valence-electron chi connectivity index (χ4n) is 3.05. The molecule has 2 N–H and O–H groups in total. The zero-order valence-corrected chi connectivity index (χ0v) is 12.8. The average Bonchev–Trinajstić information content (AvgIpc) is 3.28. The Balaban J connectivity index is 1.85. The molecule has 0 amide bonds. The summed E-state index contributed by atoms with van der Waals surface area (Å²) >= 11 is 0. The maximum Gasteiger partial charge on any atom is 0.135 e. The standard InChI is InChI=1S/C16H26N4/c1-4-17-15-13(10(2)3)16(19-9-18-15)20-14(11-5-6-11)12-7-8-12/h9-12,14H,4-8H2,1-3H3,(H2,17,18,19,20). The van der Waals surface area contributed by atoms with Gasteiger partial charge in [0.1, 0.15) is 18.0 Å². The van der Waals surface area contributed by atoms with Crippen molar-refractivity contribution in [2.24, 2.45) is 11.8 Å². The maximum absolute atomic E-state index is 4.54. The van der Waals surface area contributed by atoms with Crippen LogP contribution in [-0.2, 0) is 0 Å².